The van der Waals surface area contributed by atoms with E-state index in [4.69, 9.17) is 14.2 Å². The van der Waals surface area contributed by atoms with Crippen LogP contribution < -0.4 is 19.7 Å². The second-order valence-electron chi connectivity index (χ2n) is 6.90. The van der Waals surface area contributed by atoms with E-state index in [0.717, 1.165) is 43.4 Å². The zero-order valence-electron chi connectivity index (χ0n) is 15.8. The van der Waals surface area contributed by atoms with Crippen LogP contribution in [0.1, 0.15) is 23.2 Å². The van der Waals surface area contributed by atoms with Gasteiger partial charge in [0.15, 0.2) is 11.5 Å². The van der Waals surface area contributed by atoms with Crippen LogP contribution in [0.5, 0.6) is 11.5 Å². The average Bonchev–Trinajstić information content (AvgIpc) is 3.03. The number of hydrogen-bond acceptors (Lipinski definition) is 6. The second-order valence-corrected chi connectivity index (χ2v) is 6.90. The Kier molecular flexibility index (Phi) is 5.92. The van der Waals surface area contributed by atoms with Crippen molar-refractivity contribution in [2.75, 3.05) is 44.4 Å². The van der Waals surface area contributed by atoms with Gasteiger partial charge in [-0.2, -0.15) is 0 Å². The Hall–Kier alpha value is -2.80. The van der Waals surface area contributed by atoms with E-state index in [0.29, 0.717) is 31.7 Å². The van der Waals surface area contributed by atoms with E-state index in [1.54, 1.807) is 6.20 Å². The lowest BCUT2D eigenvalue weighted by Gasteiger charge is -2.26. The molecule has 1 amide bonds. The number of nitrogens with one attached hydrogen (secondary N) is 1. The molecular weight excluding hydrogens is 358 g/mol. The first kappa shape index (κ1) is 18.6. The fraction of sp³-hybridized carbons (Fsp3) is 0.429. The largest absolute Gasteiger partial charge is 0.486 e. The maximum absolute atomic E-state index is 12.4. The zero-order valence-corrected chi connectivity index (χ0v) is 15.8. The third-order valence-corrected chi connectivity index (χ3v) is 4.88. The molecule has 0 saturated carbocycles. The minimum atomic E-state index is -0.129. The van der Waals surface area contributed by atoms with Gasteiger partial charge < -0.3 is 24.4 Å². The van der Waals surface area contributed by atoms with E-state index in [2.05, 4.69) is 15.2 Å². The number of rotatable bonds is 5. The molecule has 1 aromatic heterocycles. The van der Waals surface area contributed by atoms with Crippen LogP contribution in [0, 0.1) is 0 Å². The molecule has 1 aromatic carbocycles. The van der Waals surface area contributed by atoms with Gasteiger partial charge in [0.05, 0.1) is 12.2 Å². The van der Waals surface area contributed by atoms with Crippen molar-refractivity contribution in [3.05, 3.63) is 48.2 Å². The number of hydrogen-bond donors (Lipinski definition) is 1. The first-order valence-electron chi connectivity index (χ1n) is 9.75. The van der Waals surface area contributed by atoms with E-state index in [1.807, 2.05) is 36.4 Å². The molecule has 4 rings (SSSR count). The van der Waals surface area contributed by atoms with Crippen molar-refractivity contribution in [3.63, 3.8) is 0 Å². The van der Waals surface area contributed by atoms with Gasteiger partial charge in [0.2, 0.25) is 0 Å². The molecule has 2 aromatic rings. The maximum atomic E-state index is 12.4. The van der Waals surface area contributed by atoms with Crippen LogP contribution in [0.25, 0.3) is 0 Å². The first-order chi connectivity index (χ1) is 13.8. The number of pyridine rings is 1. The maximum Gasteiger partial charge on any atom is 0.252 e. The Morgan fingerprint density at radius 1 is 1.14 bits per heavy atom. The van der Waals surface area contributed by atoms with Crippen LogP contribution in [0.15, 0.2) is 42.6 Å². The molecule has 7 heteroatoms. The Balaban J connectivity index is 1.25. The molecule has 28 heavy (non-hydrogen) atoms. The lowest BCUT2D eigenvalue weighted by molar-refractivity contribution is 0.0812. The van der Waals surface area contributed by atoms with Gasteiger partial charge in [-0.1, -0.05) is 12.1 Å². The van der Waals surface area contributed by atoms with Gasteiger partial charge in [-0.15, -0.1) is 0 Å². The lowest BCUT2D eigenvalue weighted by Crippen LogP contribution is -2.34. The Morgan fingerprint density at radius 3 is 2.89 bits per heavy atom. The van der Waals surface area contributed by atoms with Crippen LogP contribution in [0.2, 0.25) is 0 Å². The predicted molar refractivity (Wildman–Crippen MR) is 105 cm³/mol. The minimum absolute atomic E-state index is 0.0686. The molecule has 0 radical (unpaired) electrons. The normalized spacial score (nSPS) is 19.0. The molecular formula is C21H25N3O4. The molecule has 1 atom stereocenters. The number of para-hydroxylation sites is 2. The summed E-state index contributed by atoms with van der Waals surface area (Å²) in [7, 11) is 0. The third kappa shape index (κ3) is 4.54. The number of amides is 1. The number of carbonyl (C=O) groups excluding carboxylic acids is 1. The summed E-state index contributed by atoms with van der Waals surface area (Å²) in [5, 5.41) is 2.93. The summed E-state index contributed by atoms with van der Waals surface area (Å²) >= 11 is 0. The molecule has 2 aliphatic heterocycles. The van der Waals surface area contributed by atoms with Gasteiger partial charge in [-0.3, -0.25) is 4.79 Å². The van der Waals surface area contributed by atoms with E-state index in [-0.39, 0.29) is 12.0 Å². The van der Waals surface area contributed by atoms with Gasteiger partial charge in [0.1, 0.15) is 18.5 Å². The summed E-state index contributed by atoms with van der Waals surface area (Å²) in [5.74, 6) is 2.28. The Labute approximate surface area is 164 Å². The lowest BCUT2D eigenvalue weighted by atomic mass is 10.2. The Bertz CT molecular complexity index is 788. The fourth-order valence-electron chi connectivity index (χ4n) is 3.34. The third-order valence-electron chi connectivity index (χ3n) is 4.88. The number of benzene rings is 1. The number of fused-ring (bicyclic) bond motifs is 1. The highest BCUT2D eigenvalue weighted by Gasteiger charge is 2.20. The smallest absolute Gasteiger partial charge is 0.252 e. The molecule has 0 aliphatic carbocycles. The number of anilines is 1. The van der Waals surface area contributed by atoms with Crippen LogP contribution >= 0.6 is 0 Å². The topological polar surface area (TPSA) is 72.9 Å². The quantitative estimate of drug-likeness (QED) is 0.854. The first-order valence-corrected chi connectivity index (χ1v) is 9.75. The molecule has 0 unspecified atom stereocenters. The number of nitrogens with zero attached hydrogens (tertiary/aromatic N) is 2. The van der Waals surface area contributed by atoms with Crippen molar-refractivity contribution in [2.45, 2.75) is 18.9 Å². The predicted octanol–water partition coefficient (Wildman–Crippen LogP) is 2.27. The van der Waals surface area contributed by atoms with Crippen LogP contribution in [0.3, 0.4) is 0 Å². The molecule has 3 heterocycles. The summed E-state index contributed by atoms with van der Waals surface area (Å²) in [6.45, 7) is 4.25. The zero-order chi connectivity index (χ0) is 19.2. The highest BCUT2D eigenvalue weighted by molar-refractivity contribution is 5.94. The van der Waals surface area contributed by atoms with Gasteiger partial charge >= 0.3 is 0 Å². The van der Waals surface area contributed by atoms with Crippen LogP contribution in [-0.2, 0) is 4.74 Å². The van der Waals surface area contributed by atoms with Crippen molar-refractivity contribution in [1.82, 2.24) is 10.3 Å². The van der Waals surface area contributed by atoms with Gasteiger partial charge in [-0.25, -0.2) is 4.98 Å². The van der Waals surface area contributed by atoms with Crippen molar-refractivity contribution >= 4 is 11.7 Å². The molecule has 0 bridgehead atoms. The average molecular weight is 383 g/mol. The molecule has 148 valence electrons. The summed E-state index contributed by atoms with van der Waals surface area (Å²) < 4.78 is 17.1. The van der Waals surface area contributed by atoms with Gasteiger partial charge in [0.25, 0.3) is 5.91 Å². The van der Waals surface area contributed by atoms with Crippen molar-refractivity contribution in [2.24, 2.45) is 0 Å². The monoisotopic (exact) mass is 383 g/mol. The van der Waals surface area contributed by atoms with Crippen LogP contribution in [-0.4, -0.2) is 56.5 Å². The van der Waals surface area contributed by atoms with Gasteiger partial charge in [0, 0.05) is 38.9 Å². The number of ether oxygens (including phenoxy) is 3. The molecule has 1 saturated heterocycles. The minimum Gasteiger partial charge on any atom is -0.486 e. The highest BCUT2D eigenvalue weighted by atomic mass is 16.6. The number of carbonyl (C=O) groups is 1. The van der Waals surface area contributed by atoms with E-state index in [1.165, 1.54) is 0 Å². The summed E-state index contributed by atoms with van der Waals surface area (Å²) in [6, 6.07) is 11.3. The molecule has 1 N–H and O–H groups in total. The summed E-state index contributed by atoms with van der Waals surface area (Å²) in [4.78, 5) is 19.0. The fourth-order valence-corrected chi connectivity index (χ4v) is 3.34. The van der Waals surface area contributed by atoms with Crippen molar-refractivity contribution < 1.29 is 19.0 Å². The molecule has 7 nitrogen and oxygen atoms in total. The standard InChI is InChI=1S/C21H25N3O4/c25-21(16-6-7-20(23-14-16)24-10-3-12-26-13-11-24)22-9-8-17-15-27-18-4-1-2-5-19(18)28-17/h1-2,4-7,14,17H,3,8-13,15H2,(H,22,25)/t17-/m0/s1. The summed E-state index contributed by atoms with van der Waals surface area (Å²) in [5.41, 5.74) is 0.556. The van der Waals surface area contributed by atoms with E-state index in [9.17, 15) is 4.79 Å². The van der Waals surface area contributed by atoms with E-state index >= 15 is 0 Å². The van der Waals surface area contributed by atoms with E-state index < -0.39 is 0 Å². The molecule has 2 aliphatic rings. The molecule has 0 spiro atoms. The van der Waals surface area contributed by atoms with Gasteiger partial charge in [-0.05, 0) is 30.7 Å². The highest BCUT2D eigenvalue weighted by Crippen LogP contribution is 2.31. The second kappa shape index (κ2) is 8.93. The summed E-state index contributed by atoms with van der Waals surface area (Å²) in [6.07, 6.45) is 3.23. The SMILES string of the molecule is O=C(NCC[C@H]1COc2ccccc2O1)c1ccc(N2CCCOCC2)nc1. The molecule has 1 fully saturated rings. The van der Waals surface area contributed by atoms with Crippen molar-refractivity contribution in [1.29, 1.82) is 0 Å². The number of aromatic nitrogens is 1. The Morgan fingerprint density at radius 2 is 2.04 bits per heavy atom. The van der Waals surface area contributed by atoms with Crippen LogP contribution in [0.4, 0.5) is 5.82 Å². The van der Waals surface area contributed by atoms with Crippen molar-refractivity contribution in [3.8, 4) is 11.5 Å².